The molecule has 1 aliphatic heterocycles. The maximum absolute atomic E-state index is 13.0. The summed E-state index contributed by atoms with van der Waals surface area (Å²) in [5, 5.41) is 3.43. The lowest BCUT2D eigenvalue weighted by Crippen LogP contribution is -2.41. The number of hydrogen-bond acceptors (Lipinski definition) is 3. The Hall–Kier alpha value is -1.65. The van der Waals surface area contributed by atoms with Crippen LogP contribution in [0.15, 0.2) is 12.2 Å². The zero-order valence-electron chi connectivity index (χ0n) is 20.7. The molecule has 0 radical (unpaired) electrons. The Morgan fingerprint density at radius 2 is 1.09 bits per heavy atom. The second kappa shape index (κ2) is 14.6. The van der Waals surface area contributed by atoms with Gasteiger partial charge in [-0.05, 0) is 44.4 Å². The molecule has 2 saturated carbocycles. The second-order valence-corrected chi connectivity index (χ2v) is 10.7. The molecule has 0 atom stereocenters. The van der Waals surface area contributed by atoms with E-state index in [0.717, 1.165) is 38.5 Å². The van der Waals surface area contributed by atoms with Gasteiger partial charge in [0, 0.05) is 30.7 Å². The van der Waals surface area contributed by atoms with Crippen molar-refractivity contribution in [1.82, 2.24) is 10.2 Å². The number of hydrogen-bond donors (Lipinski definition) is 1. The fourth-order valence-electron chi connectivity index (χ4n) is 5.81. The molecule has 186 valence electrons. The predicted molar refractivity (Wildman–Crippen MR) is 132 cm³/mol. The van der Waals surface area contributed by atoms with Gasteiger partial charge < -0.3 is 5.32 Å². The van der Waals surface area contributed by atoms with Gasteiger partial charge >= 0.3 is 0 Å². The zero-order chi connectivity index (χ0) is 23.3. The summed E-state index contributed by atoms with van der Waals surface area (Å²) in [6.45, 7) is 0.502. The largest absolute Gasteiger partial charge is 0.353 e. The molecule has 3 aliphatic rings. The summed E-state index contributed by atoms with van der Waals surface area (Å²) in [5.74, 6) is 0.261. The van der Waals surface area contributed by atoms with Crippen LogP contribution in [0, 0.1) is 11.8 Å². The first-order valence-electron chi connectivity index (χ1n) is 14.0. The average Bonchev–Trinajstić information content (AvgIpc) is 3.13. The molecule has 2 aliphatic carbocycles. The lowest BCUT2D eigenvalue weighted by Gasteiger charge is -2.31. The van der Waals surface area contributed by atoms with Crippen molar-refractivity contribution in [1.29, 1.82) is 0 Å². The van der Waals surface area contributed by atoms with Crippen LogP contribution in [0.5, 0.6) is 0 Å². The van der Waals surface area contributed by atoms with Crippen molar-refractivity contribution in [2.45, 2.75) is 128 Å². The summed E-state index contributed by atoms with van der Waals surface area (Å²) in [5.41, 5.74) is 0. The summed E-state index contributed by atoms with van der Waals surface area (Å²) < 4.78 is 0. The SMILES string of the molecule is O=C(NC1CCCCCCCCCCCCCCC1)C1CCC(CN2C(=O)C=CC2=O)CC1. The Morgan fingerprint density at radius 1 is 0.667 bits per heavy atom. The van der Waals surface area contributed by atoms with Crippen molar-refractivity contribution in [3.05, 3.63) is 12.2 Å². The van der Waals surface area contributed by atoms with E-state index in [4.69, 9.17) is 0 Å². The topological polar surface area (TPSA) is 66.5 Å². The highest BCUT2D eigenvalue weighted by atomic mass is 16.2. The highest BCUT2D eigenvalue weighted by molar-refractivity contribution is 6.12. The number of carbonyl (C=O) groups excluding carboxylic acids is 3. The third-order valence-corrected chi connectivity index (χ3v) is 8.01. The van der Waals surface area contributed by atoms with E-state index in [1.807, 2.05) is 0 Å². The maximum Gasteiger partial charge on any atom is 0.253 e. The van der Waals surface area contributed by atoms with Gasteiger partial charge in [0.15, 0.2) is 0 Å². The first kappa shape index (κ1) is 26.0. The minimum absolute atomic E-state index is 0.0877. The normalized spacial score (nSPS) is 27.6. The summed E-state index contributed by atoms with van der Waals surface area (Å²) in [6, 6.07) is 0.328. The van der Waals surface area contributed by atoms with Gasteiger partial charge in [0.1, 0.15) is 0 Å². The molecule has 0 spiro atoms. The van der Waals surface area contributed by atoms with Crippen LogP contribution in [-0.2, 0) is 14.4 Å². The van der Waals surface area contributed by atoms with Gasteiger partial charge in [0.05, 0.1) is 0 Å². The molecule has 1 N–H and O–H groups in total. The van der Waals surface area contributed by atoms with Crippen LogP contribution in [0.3, 0.4) is 0 Å². The summed E-state index contributed by atoms with van der Waals surface area (Å²) in [4.78, 5) is 38.0. The van der Waals surface area contributed by atoms with Gasteiger partial charge in [-0.2, -0.15) is 0 Å². The van der Waals surface area contributed by atoms with Gasteiger partial charge in [-0.1, -0.05) is 83.5 Å². The Labute approximate surface area is 201 Å². The van der Waals surface area contributed by atoms with Crippen molar-refractivity contribution >= 4 is 17.7 Å². The van der Waals surface area contributed by atoms with Crippen LogP contribution in [0.4, 0.5) is 0 Å². The second-order valence-electron chi connectivity index (χ2n) is 10.7. The molecule has 0 saturated heterocycles. The quantitative estimate of drug-likeness (QED) is 0.520. The zero-order valence-corrected chi connectivity index (χ0v) is 20.7. The van der Waals surface area contributed by atoms with Crippen LogP contribution >= 0.6 is 0 Å². The smallest absolute Gasteiger partial charge is 0.253 e. The van der Waals surface area contributed by atoms with Crippen LogP contribution in [0.2, 0.25) is 0 Å². The maximum atomic E-state index is 13.0. The van der Waals surface area contributed by atoms with Crippen LogP contribution < -0.4 is 5.32 Å². The van der Waals surface area contributed by atoms with Gasteiger partial charge in [-0.25, -0.2) is 0 Å². The van der Waals surface area contributed by atoms with Crippen LogP contribution in [-0.4, -0.2) is 35.2 Å². The standard InChI is InChI=1S/C28H46N2O3/c31-26-20-21-27(32)30(26)22-23-16-18-24(19-17-23)28(33)29-25-14-12-10-8-6-4-2-1-3-5-7-9-11-13-15-25/h20-21,23-25H,1-19,22H2,(H,29,33). The first-order valence-corrected chi connectivity index (χ1v) is 14.0. The third kappa shape index (κ3) is 9.25. The molecule has 5 nitrogen and oxygen atoms in total. The van der Waals surface area contributed by atoms with Crippen molar-refractivity contribution in [3.8, 4) is 0 Å². The predicted octanol–water partition coefficient (Wildman–Crippen LogP) is 6.07. The molecule has 2 fully saturated rings. The van der Waals surface area contributed by atoms with Crippen molar-refractivity contribution in [3.63, 3.8) is 0 Å². The lowest BCUT2D eigenvalue weighted by molar-refractivity contribution is -0.138. The fraction of sp³-hybridized carbons (Fsp3) is 0.821. The molecule has 1 heterocycles. The lowest BCUT2D eigenvalue weighted by atomic mass is 9.81. The average molecular weight is 459 g/mol. The number of carbonyl (C=O) groups is 3. The highest BCUT2D eigenvalue weighted by Gasteiger charge is 2.31. The molecule has 3 rings (SSSR count). The molecule has 33 heavy (non-hydrogen) atoms. The van der Waals surface area contributed by atoms with E-state index in [2.05, 4.69) is 5.32 Å². The minimum atomic E-state index is -0.195. The Kier molecular flexibility index (Phi) is 11.5. The Morgan fingerprint density at radius 3 is 1.55 bits per heavy atom. The van der Waals surface area contributed by atoms with Crippen molar-refractivity contribution in [2.75, 3.05) is 6.54 Å². The number of rotatable bonds is 4. The van der Waals surface area contributed by atoms with E-state index in [1.54, 1.807) is 0 Å². The monoisotopic (exact) mass is 458 g/mol. The van der Waals surface area contributed by atoms with Crippen LogP contribution in [0.25, 0.3) is 0 Å². The van der Waals surface area contributed by atoms with E-state index in [1.165, 1.54) is 101 Å². The molecule has 0 unspecified atom stereocenters. The van der Waals surface area contributed by atoms with Crippen molar-refractivity contribution in [2.24, 2.45) is 11.8 Å². The van der Waals surface area contributed by atoms with E-state index in [-0.39, 0.29) is 23.6 Å². The first-order chi connectivity index (χ1) is 16.1. The number of amides is 3. The molecule has 0 aromatic heterocycles. The highest BCUT2D eigenvalue weighted by Crippen LogP contribution is 2.30. The fourth-order valence-corrected chi connectivity index (χ4v) is 5.81. The van der Waals surface area contributed by atoms with Crippen LogP contribution in [0.1, 0.15) is 122 Å². The van der Waals surface area contributed by atoms with E-state index in [0.29, 0.717) is 18.5 Å². The minimum Gasteiger partial charge on any atom is -0.353 e. The van der Waals surface area contributed by atoms with Gasteiger partial charge in [-0.3, -0.25) is 19.3 Å². The third-order valence-electron chi connectivity index (χ3n) is 8.01. The van der Waals surface area contributed by atoms with Gasteiger partial charge in [0.25, 0.3) is 11.8 Å². The number of imide groups is 1. The van der Waals surface area contributed by atoms with E-state index >= 15 is 0 Å². The van der Waals surface area contributed by atoms with E-state index < -0.39 is 0 Å². The summed E-state index contributed by atoms with van der Waals surface area (Å²) >= 11 is 0. The summed E-state index contributed by atoms with van der Waals surface area (Å²) in [6.07, 6.45) is 26.0. The van der Waals surface area contributed by atoms with Gasteiger partial charge in [-0.15, -0.1) is 0 Å². The molecule has 0 aromatic rings. The summed E-state index contributed by atoms with van der Waals surface area (Å²) in [7, 11) is 0. The molecule has 5 heteroatoms. The van der Waals surface area contributed by atoms with Gasteiger partial charge in [0.2, 0.25) is 5.91 Å². The molecular formula is C28H46N2O3. The molecule has 3 amide bonds. The Balaban J connectivity index is 1.39. The molecule has 0 bridgehead atoms. The van der Waals surface area contributed by atoms with Crippen molar-refractivity contribution < 1.29 is 14.4 Å². The molecular weight excluding hydrogens is 412 g/mol. The Bertz CT molecular complexity index is 618. The number of nitrogens with zero attached hydrogens (tertiary/aromatic N) is 1. The van der Waals surface area contributed by atoms with E-state index in [9.17, 15) is 14.4 Å². The number of nitrogens with one attached hydrogen (secondary N) is 1. The molecule has 0 aromatic carbocycles.